The van der Waals surface area contributed by atoms with E-state index in [0.717, 1.165) is 43.1 Å². The van der Waals surface area contributed by atoms with Crippen LogP contribution in [0.25, 0.3) is 22.1 Å². The highest BCUT2D eigenvalue weighted by atomic mass is 35.5. The van der Waals surface area contributed by atoms with Gasteiger partial charge in [-0.3, -0.25) is 9.59 Å². The fraction of sp³-hybridized carbons (Fsp3) is 0.407. The van der Waals surface area contributed by atoms with Gasteiger partial charge in [0.15, 0.2) is 11.6 Å². The second kappa shape index (κ2) is 14.0. The van der Waals surface area contributed by atoms with Crippen molar-refractivity contribution in [2.24, 2.45) is 0 Å². The van der Waals surface area contributed by atoms with Crippen molar-refractivity contribution in [1.29, 1.82) is 0 Å². The number of fused-ring (bicyclic) bond motifs is 2. The molecule has 208 valence electrons. The molecule has 0 spiro atoms. The molecule has 2 aromatic heterocycles. The van der Waals surface area contributed by atoms with E-state index in [2.05, 4.69) is 23.8 Å². The number of imidazole rings is 2. The maximum Gasteiger partial charge on any atom is 0.254 e. The number of aryl methyl sites for hydroxylation is 2. The summed E-state index contributed by atoms with van der Waals surface area (Å²) < 4.78 is 3.84. The Labute approximate surface area is 256 Å². The molecule has 2 aromatic carbocycles. The van der Waals surface area contributed by atoms with Gasteiger partial charge in [0, 0.05) is 24.6 Å². The third-order valence-corrected chi connectivity index (χ3v) is 9.41. The van der Waals surface area contributed by atoms with Crippen molar-refractivity contribution in [3.05, 3.63) is 56.0 Å². The number of hydrogen-bond acceptors (Lipinski definition) is 6. The van der Waals surface area contributed by atoms with E-state index in [1.54, 1.807) is 24.3 Å². The van der Waals surface area contributed by atoms with E-state index >= 15 is 0 Å². The Morgan fingerprint density at radius 2 is 1.05 bits per heavy atom. The lowest BCUT2D eigenvalue weighted by molar-refractivity contribution is 0.106. The number of unbranched alkanes of at least 4 members (excludes halogenated alkanes) is 2. The Hall–Kier alpha value is -1.42. The van der Waals surface area contributed by atoms with Gasteiger partial charge in [0.25, 0.3) is 10.2 Å². The molecule has 6 nitrogen and oxygen atoms in total. The zero-order valence-corrected chi connectivity index (χ0v) is 26.3. The predicted octanol–water partition coefficient (Wildman–Crippen LogP) is 9.44. The summed E-state index contributed by atoms with van der Waals surface area (Å²) in [4.78, 5) is 35.0. The number of rotatable bonds is 12. The highest BCUT2D eigenvalue weighted by molar-refractivity contribution is 8.14. The largest absolute Gasteiger partial charge is 0.321 e. The van der Waals surface area contributed by atoms with E-state index < -0.39 is 0 Å². The first-order valence-electron chi connectivity index (χ1n) is 12.8. The Morgan fingerprint density at radius 1 is 0.667 bits per heavy atom. The van der Waals surface area contributed by atoms with Crippen LogP contribution in [-0.2, 0) is 13.1 Å². The van der Waals surface area contributed by atoms with E-state index in [-0.39, 0.29) is 10.2 Å². The van der Waals surface area contributed by atoms with Gasteiger partial charge in [-0.05, 0) is 49.9 Å². The smallest absolute Gasteiger partial charge is 0.254 e. The summed E-state index contributed by atoms with van der Waals surface area (Å²) in [6.45, 7) is 5.46. The first-order valence-corrected chi connectivity index (χ1v) is 16.3. The van der Waals surface area contributed by atoms with Crippen molar-refractivity contribution < 1.29 is 9.59 Å². The van der Waals surface area contributed by atoms with Crippen LogP contribution < -0.4 is 0 Å². The monoisotopic (exact) mass is 644 g/mol. The third kappa shape index (κ3) is 7.08. The second-order valence-corrected chi connectivity index (χ2v) is 12.8. The van der Waals surface area contributed by atoms with Crippen LogP contribution in [0.2, 0.25) is 20.1 Å². The number of hydrogen-bond donors (Lipinski definition) is 0. The molecule has 0 saturated carbocycles. The van der Waals surface area contributed by atoms with E-state index in [0.29, 0.717) is 67.4 Å². The van der Waals surface area contributed by atoms with E-state index in [4.69, 9.17) is 46.4 Å². The molecular formula is C27H28Cl4N4O2S2. The van der Waals surface area contributed by atoms with Gasteiger partial charge in [-0.2, -0.15) is 0 Å². The highest BCUT2D eigenvalue weighted by Gasteiger charge is 2.20. The van der Waals surface area contributed by atoms with E-state index in [9.17, 15) is 9.59 Å². The molecule has 0 fully saturated rings. The summed E-state index contributed by atoms with van der Waals surface area (Å²) in [6, 6.07) is 6.94. The molecule has 4 rings (SSSR count). The van der Waals surface area contributed by atoms with Crippen LogP contribution in [0.5, 0.6) is 0 Å². The standard InChI is InChI=1S/C27H28Cl4N4O2S2/c1-3-8-34-22-14-18(30)16(28)12-20(22)32-24(34)26(36)38-10-6-5-7-11-39-27(37)25-33-21-13-17(29)19(31)15-23(21)35(25)9-4-2/h12-15H,3-11H2,1-2H3. The SMILES string of the molecule is CCCn1c(C(=O)SCCCCCSC(=O)c2nc3cc(Cl)c(Cl)cc3n2CCC)nc2cc(Cl)c(Cl)cc21. The second-order valence-electron chi connectivity index (χ2n) is 9.02. The Balaban J connectivity index is 1.27. The lowest BCUT2D eigenvalue weighted by atomic mass is 10.3. The average Bonchev–Trinajstić information content (AvgIpc) is 3.42. The van der Waals surface area contributed by atoms with Gasteiger partial charge in [-0.1, -0.05) is 90.2 Å². The summed E-state index contributed by atoms with van der Waals surface area (Å²) in [6.07, 6.45) is 4.37. The van der Waals surface area contributed by atoms with Gasteiger partial charge in [0.1, 0.15) is 0 Å². The molecular weight excluding hydrogens is 618 g/mol. The zero-order chi connectivity index (χ0) is 28.1. The van der Waals surface area contributed by atoms with Crippen LogP contribution >= 0.6 is 69.9 Å². The Bertz CT molecular complexity index is 1410. The molecule has 12 heteroatoms. The summed E-state index contributed by atoms with van der Waals surface area (Å²) >= 11 is 27.2. The van der Waals surface area contributed by atoms with Gasteiger partial charge >= 0.3 is 0 Å². The zero-order valence-electron chi connectivity index (χ0n) is 21.6. The number of thioether (sulfide) groups is 2. The summed E-state index contributed by atoms with van der Waals surface area (Å²) in [7, 11) is 0. The highest BCUT2D eigenvalue weighted by Crippen LogP contribution is 2.31. The number of halogens is 4. The van der Waals surface area contributed by atoms with Crippen LogP contribution in [-0.4, -0.2) is 40.8 Å². The number of carbonyl (C=O) groups is 2. The molecule has 0 aliphatic rings. The molecule has 0 unspecified atom stereocenters. The molecule has 0 saturated heterocycles. The topological polar surface area (TPSA) is 69.8 Å². The maximum atomic E-state index is 13.0. The molecule has 0 bridgehead atoms. The normalized spacial score (nSPS) is 11.6. The minimum Gasteiger partial charge on any atom is -0.321 e. The van der Waals surface area contributed by atoms with Gasteiger partial charge in [-0.15, -0.1) is 0 Å². The molecule has 0 N–H and O–H groups in total. The van der Waals surface area contributed by atoms with Crippen molar-refractivity contribution in [3.63, 3.8) is 0 Å². The van der Waals surface area contributed by atoms with Crippen LogP contribution in [0.3, 0.4) is 0 Å². The lowest BCUT2D eigenvalue weighted by Gasteiger charge is -2.08. The molecule has 0 radical (unpaired) electrons. The molecule has 2 heterocycles. The molecule has 0 aliphatic carbocycles. The van der Waals surface area contributed by atoms with Crippen molar-refractivity contribution in [2.75, 3.05) is 11.5 Å². The molecule has 0 aliphatic heterocycles. The number of benzene rings is 2. The van der Waals surface area contributed by atoms with Crippen molar-refractivity contribution in [2.45, 2.75) is 59.0 Å². The molecule has 0 atom stereocenters. The van der Waals surface area contributed by atoms with Crippen LogP contribution in [0.15, 0.2) is 24.3 Å². The van der Waals surface area contributed by atoms with Crippen LogP contribution in [0.1, 0.15) is 67.2 Å². The first kappa shape index (κ1) is 30.5. The van der Waals surface area contributed by atoms with Crippen molar-refractivity contribution >= 4 is 102 Å². The Morgan fingerprint density at radius 3 is 1.44 bits per heavy atom. The van der Waals surface area contributed by atoms with Crippen molar-refractivity contribution in [1.82, 2.24) is 19.1 Å². The predicted molar refractivity (Wildman–Crippen MR) is 168 cm³/mol. The van der Waals surface area contributed by atoms with Crippen LogP contribution in [0, 0.1) is 0 Å². The lowest BCUT2D eigenvalue weighted by Crippen LogP contribution is -2.09. The van der Waals surface area contributed by atoms with Gasteiger partial charge < -0.3 is 9.13 Å². The van der Waals surface area contributed by atoms with Crippen LogP contribution in [0.4, 0.5) is 0 Å². The minimum absolute atomic E-state index is 0.0634. The van der Waals surface area contributed by atoms with E-state index in [1.807, 2.05) is 9.13 Å². The minimum atomic E-state index is -0.0634. The van der Waals surface area contributed by atoms with Gasteiger partial charge in [0.05, 0.1) is 42.2 Å². The molecule has 39 heavy (non-hydrogen) atoms. The third-order valence-electron chi connectivity index (χ3n) is 6.10. The first-order chi connectivity index (χ1) is 18.7. The molecule has 4 aromatic rings. The number of nitrogens with zero attached hydrogens (tertiary/aromatic N) is 4. The summed E-state index contributed by atoms with van der Waals surface area (Å²) in [5.41, 5.74) is 2.97. The Kier molecular flexibility index (Phi) is 10.9. The maximum absolute atomic E-state index is 13.0. The fourth-order valence-electron chi connectivity index (χ4n) is 4.29. The van der Waals surface area contributed by atoms with Crippen molar-refractivity contribution in [3.8, 4) is 0 Å². The van der Waals surface area contributed by atoms with Gasteiger partial charge in [-0.25, -0.2) is 9.97 Å². The quantitative estimate of drug-likeness (QED) is 0.143. The summed E-state index contributed by atoms with van der Waals surface area (Å²) in [5, 5.41) is 1.61. The fourth-order valence-corrected chi connectivity index (χ4v) is 6.56. The summed E-state index contributed by atoms with van der Waals surface area (Å²) in [5.74, 6) is 2.22. The van der Waals surface area contributed by atoms with E-state index in [1.165, 1.54) is 23.5 Å². The molecule has 0 amide bonds. The number of carbonyl (C=O) groups excluding carboxylic acids is 2. The average molecular weight is 646 g/mol. The number of aromatic nitrogens is 4. The van der Waals surface area contributed by atoms with Gasteiger partial charge in [0.2, 0.25) is 0 Å².